The van der Waals surface area contributed by atoms with Gasteiger partial charge in [0.25, 0.3) is 0 Å². The molecule has 1 N–H and O–H groups in total. The third-order valence-electron chi connectivity index (χ3n) is 4.11. The van der Waals surface area contributed by atoms with Crippen LogP contribution in [0, 0.1) is 0 Å². The van der Waals surface area contributed by atoms with Gasteiger partial charge >= 0.3 is 0 Å². The van der Waals surface area contributed by atoms with E-state index in [1.54, 1.807) is 0 Å². The summed E-state index contributed by atoms with van der Waals surface area (Å²) in [4.78, 5) is 12.2. The van der Waals surface area contributed by atoms with Gasteiger partial charge in [0.2, 0.25) is 5.78 Å². The Balaban J connectivity index is 2.08. The fourth-order valence-corrected chi connectivity index (χ4v) is 3.31. The smallest absolute Gasteiger partial charge is 0.210 e. The first-order chi connectivity index (χ1) is 9.31. The lowest BCUT2D eigenvalue weighted by Gasteiger charge is -2.21. The molecular weight excluding hydrogens is 238 g/mol. The van der Waals surface area contributed by atoms with E-state index in [9.17, 15) is 4.79 Å². The van der Waals surface area contributed by atoms with Crippen molar-refractivity contribution in [2.75, 3.05) is 0 Å². The molecule has 2 aromatic carbocycles. The Morgan fingerprint density at radius 3 is 2.58 bits per heavy atom. The third kappa shape index (κ3) is 1.22. The molecule has 0 amide bonds. The maximum atomic E-state index is 12.2. The Morgan fingerprint density at radius 1 is 1.00 bits per heavy atom. The first-order valence-corrected chi connectivity index (χ1v) is 6.29. The molecule has 19 heavy (non-hydrogen) atoms. The van der Waals surface area contributed by atoms with Gasteiger partial charge in [0, 0.05) is 17.9 Å². The average molecular weight is 249 g/mol. The van der Waals surface area contributed by atoms with Gasteiger partial charge in [0.1, 0.15) is 5.71 Å². The highest BCUT2D eigenvalue weighted by atomic mass is 16.4. The maximum absolute atomic E-state index is 12.2. The molecule has 0 saturated carbocycles. The van der Waals surface area contributed by atoms with Gasteiger partial charge in [0.05, 0.1) is 0 Å². The van der Waals surface area contributed by atoms with E-state index in [0.717, 1.165) is 11.1 Å². The van der Waals surface area contributed by atoms with Crippen molar-refractivity contribution < 1.29 is 10.0 Å². The van der Waals surface area contributed by atoms with E-state index in [4.69, 9.17) is 5.21 Å². The molecule has 4 rings (SSSR count). The second-order valence-corrected chi connectivity index (χ2v) is 4.99. The second kappa shape index (κ2) is 3.54. The van der Waals surface area contributed by atoms with E-state index in [2.05, 4.69) is 23.4 Å². The second-order valence-electron chi connectivity index (χ2n) is 4.99. The number of oxime groups is 1. The van der Waals surface area contributed by atoms with Gasteiger partial charge in [-0.25, -0.2) is 0 Å². The number of ketones is 1. The highest BCUT2D eigenvalue weighted by Gasteiger charge is 2.38. The summed E-state index contributed by atoms with van der Waals surface area (Å²) < 4.78 is 0. The van der Waals surface area contributed by atoms with Crippen LogP contribution in [-0.4, -0.2) is 16.7 Å². The van der Waals surface area contributed by atoms with E-state index in [0.29, 0.717) is 12.0 Å². The normalized spacial score (nSPS) is 21.4. The summed E-state index contributed by atoms with van der Waals surface area (Å²) in [7, 11) is 0. The van der Waals surface area contributed by atoms with Gasteiger partial charge < -0.3 is 5.21 Å². The lowest BCUT2D eigenvalue weighted by Crippen LogP contribution is -2.25. The Labute approximate surface area is 110 Å². The van der Waals surface area contributed by atoms with Crippen molar-refractivity contribution in [1.29, 1.82) is 0 Å². The molecule has 3 nitrogen and oxygen atoms in total. The molecule has 0 aromatic heterocycles. The number of carbonyl (C=O) groups is 1. The zero-order chi connectivity index (χ0) is 13.0. The maximum Gasteiger partial charge on any atom is 0.210 e. The molecule has 1 atom stereocenters. The van der Waals surface area contributed by atoms with Gasteiger partial charge in [-0.05, 0) is 22.3 Å². The summed E-state index contributed by atoms with van der Waals surface area (Å²) >= 11 is 0. The molecule has 0 radical (unpaired) electrons. The number of nitrogens with zero attached hydrogens (tertiary/aromatic N) is 1. The van der Waals surface area contributed by atoms with Gasteiger partial charge in [-0.2, -0.15) is 0 Å². The summed E-state index contributed by atoms with van der Waals surface area (Å²) in [6.45, 7) is 0. The molecule has 0 saturated heterocycles. The first-order valence-electron chi connectivity index (χ1n) is 6.29. The molecule has 3 heteroatoms. The van der Waals surface area contributed by atoms with E-state index in [1.165, 1.54) is 11.1 Å². The number of hydrogen-bond acceptors (Lipinski definition) is 3. The zero-order valence-corrected chi connectivity index (χ0v) is 10.1. The van der Waals surface area contributed by atoms with Crippen LogP contribution in [0.1, 0.15) is 33.8 Å². The molecule has 0 fully saturated rings. The minimum absolute atomic E-state index is 0.144. The van der Waals surface area contributed by atoms with Crippen LogP contribution in [-0.2, 0) is 0 Å². The summed E-state index contributed by atoms with van der Waals surface area (Å²) in [5, 5.41) is 12.2. The van der Waals surface area contributed by atoms with E-state index >= 15 is 0 Å². The van der Waals surface area contributed by atoms with Crippen molar-refractivity contribution >= 4 is 11.5 Å². The van der Waals surface area contributed by atoms with E-state index in [-0.39, 0.29) is 17.4 Å². The molecule has 92 valence electrons. The molecule has 2 aromatic rings. The SMILES string of the molecule is O=C1/C(=N/O)C[C@@H]2c3ccccc3-c3cccc1c32. The standard InChI is InChI=1S/C16H11NO2/c18-16-12-7-3-6-11-9-4-1-2-5-10(9)13(15(11)12)8-14(16)17-19/h1-7,13,19H,8H2/b17-14+/t13-/m1/s1. The largest absolute Gasteiger partial charge is 0.411 e. The lowest BCUT2D eigenvalue weighted by molar-refractivity contribution is 0.105. The van der Waals surface area contributed by atoms with Crippen molar-refractivity contribution in [3.63, 3.8) is 0 Å². The zero-order valence-electron chi connectivity index (χ0n) is 10.1. The topological polar surface area (TPSA) is 49.7 Å². The summed E-state index contributed by atoms with van der Waals surface area (Å²) in [5.74, 6) is -0.00518. The van der Waals surface area contributed by atoms with E-state index in [1.807, 2.05) is 24.3 Å². The molecular formula is C16H11NO2. The molecule has 0 aliphatic heterocycles. The number of hydrogen-bond donors (Lipinski definition) is 1. The van der Waals surface area contributed by atoms with Crippen molar-refractivity contribution in [2.45, 2.75) is 12.3 Å². The minimum Gasteiger partial charge on any atom is -0.411 e. The van der Waals surface area contributed by atoms with Gasteiger partial charge in [0.15, 0.2) is 0 Å². The molecule has 2 aliphatic carbocycles. The molecule has 0 heterocycles. The Morgan fingerprint density at radius 2 is 1.74 bits per heavy atom. The van der Waals surface area contributed by atoms with Gasteiger partial charge in [-0.1, -0.05) is 47.6 Å². The number of fused-ring (bicyclic) bond motifs is 3. The summed E-state index contributed by atoms with van der Waals surface area (Å²) in [6.07, 6.45) is 0.483. The van der Waals surface area contributed by atoms with Gasteiger partial charge in [-0.3, -0.25) is 4.79 Å². The van der Waals surface area contributed by atoms with Crippen LogP contribution in [0.4, 0.5) is 0 Å². The monoisotopic (exact) mass is 249 g/mol. The predicted octanol–water partition coefficient (Wildman–Crippen LogP) is 3.22. The number of rotatable bonds is 0. The van der Waals surface area contributed by atoms with Crippen molar-refractivity contribution in [3.8, 4) is 11.1 Å². The fraction of sp³-hybridized carbons (Fsp3) is 0.125. The predicted molar refractivity (Wildman–Crippen MR) is 71.9 cm³/mol. The molecule has 0 spiro atoms. The minimum atomic E-state index is -0.150. The highest BCUT2D eigenvalue weighted by molar-refractivity contribution is 6.47. The van der Waals surface area contributed by atoms with Crippen LogP contribution in [0.2, 0.25) is 0 Å². The fourth-order valence-electron chi connectivity index (χ4n) is 3.31. The Bertz CT molecular complexity index is 746. The Kier molecular flexibility index (Phi) is 1.96. The van der Waals surface area contributed by atoms with Crippen molar-refractivity contribution in [2.24, 2.45) is 5.16 Å². The van der Waals surface area contributed by atoms with Crippen LogP contribution in [0.5, 0.6) is 0 Å². The van der Waals surface area contributed by atoms with Crippen LogP contribution < -0.4 is 0 Å². The third-order valence-corrected chi connectivity index (χ3v) is 4.11. The molecule has 0 unspecified atom stereocenters. The molecule has 2 aliphatic rings. The number of benzene rings is 2. The molecule has 0 bridgehead atoms. The van der Waals surface area contributed by atoms with Crippen LogP contribution in [0.25, 0.3) is 11.1 Å². The number of Topliss-reactive ketones (excluding diaryl/α,β-unsaturated/α-hetero) is 1. The highest BCUT2D eigenvalue weighted by Crippen LogP contribution is 2.49. The van der Waals surface area contributed by atoms with Crippen LogP contribution in [0.3, 0.4) is 0 Å². The lowest BCUT2D eigenvalue weighted by atomic mass is 9.80. The average Bonchev–Trinajstić information content (AvgIpc) is 2.78. The Hall–Kier alpha value is -2.42. The quantitative estimate of drug-likeness (QED) is 0.575. The van der Waals surface area contributed by atoms with Crippen molar-refractivity contribution in [3.05, 3.63) is 59.2 Å². The summed E-state index contributed by atoms with van der Waals surface area (Å²) in [5.41, 5.74) is 5.59. The van der Waals surface area contributed by atoms with Crippen LogP contribution >= 0.6 is 0 Å². The van der Waals surface area contributed by atoms with Crippen LogP contribution in [0.15, 0.2) is 47.6 Å². The first kappa shape index (κ1) is 10.5. The van der Waals surface area contributed by atoms with Crippen molar-refractivity contribution in [1.82, 2.24) is 0 Å². The number of carbonyl (C=O) groups excluding carboxylic acids is 1. The summed E-state index contributed by atoms with van der Waals surface area (Å²) in [6, 6.07) is 14.0. The van der Waals surface area contributed by atoms with Gasteiger partial charge in [-0.15, -0.1) is 0 Å². The van der Waals surface area contributed by atoms with E-state index < -0.39 is 0 Å².